The van der Waals surface area contributed by atoms with E-state index in [0.717, 1.165) is 22.3 Å². The van der Waals surface area contributed by atoms with Gasteiger partial charge in [0.1, 0.15) is 0 Å². The van der Waals surface area contributed by atoms with E-state index in [2.05, 4.69) is 10.3 Å². The number of hydrogen-bond donors (Lipinski definition) is 1. The lowest BCUT2D eigenvalue weighted by Gasteiger charge is -2.09. The maximum atomic E-state index is 5.97. The van der Waals surface area contributed by atoms with Gasteiger partial charge in [-0.05, 0) is 36.4 Å². The molecule has 0 aliphatic rings. The molecule has 0 fully saturated rings. The number of pyridine rings is 1. The van der Waals surface area contributed by atoms with Gasteiger partial charge >= 0.3 is 0 Å². The molecule has 1 aromatic heterocycles. The number of benzene rings is 2. The first-order valence-electron chi connectivity index (χ1n) is 5.69. The zero-order valence-corrected chi connectivity index (χ0v) is 11.6. The molecule has 1 heterocycles. The minimum Gasteiger partial charge on any atom is -0.355 e. The van der Waals surface area contributed by atoms with Crippen molar-refractivity contribution >= 4 is 46.3 Å². The Morgan fingerprint density at radius 3 is 2.53 bits per heavy atom. The van der Waals surface area contributed by atoms with Crippen LogP contribution in [0.1, 0.15) is 0 Å². The van der Waals surface area contributed by atoms with Crippen molar-refractivity contribution < 1.29 is 0 Å². The Hall–Kier alpha value is -1.77. The summed E-state index contributed by atoms with van der Waals surface area (Å²) in [5, 5.41) is 5.14. The van der Waals surface area contributed by atoms with Crippen LogP contribution in [0.4, 0.5) is 11.4 Å². The molecule has 0 aliphatic heterocycles. The van der Waals surface area contributed by atoms with Gasteiger partial charge in [-0.1, -0.05) is 29.8 Å². The number of nitrogens with one attached hydrogen (secondary N) is 1. The van der Waals surface area contributed by atoms with Crippen molar-refractivity contribution in [2.75, 3.05) is 5.32 Å². The Bertz CT molecular complexity index is 684. The Balaban J connectivity index is 0.00000133. The molecule has 0 bridgehead atoms. The van der Waals surface area contributed by atoms with Gasteiger partial charge in [-0.2, -0.15) is 0 Å². The third-order valence-electron chi connectivity index (χ3n) is 2.76. The molecule has 0 saturated heterocycles. The van der Waals surface area contributed by atoms with Crippen LogP contribution in [-0.2, 0) is 0 Å². The third kappa shape index (κ3) is 2.98. The molecule has 96 valence electrons. The van der Waals surface area contributed by atoms with E-state index < -0.39 is 0 Å². The largest absolute Gasteiger partial charge is 0.355 e. The van der Waals surface area contributed by atoms with Gasteiger partial charge < -0.3 is 5.32 Å². The number of anilines is 2. The molecule has 0 unspecified atom stereocenters. The van der Waals surface area contributed by atoms with Crippen LogP contribution in [0.15, 0.2) is 60.8 Å². The summed E-state index contributed by atoms with van der Waals surface area (Å²) in [6.45, 7) is 0. The fraction of sp³-hybridized carbons (Fsp3) is 0. The van der Waals surface area contributed by atoms with Crippen LogP contribution >= 0.6 is 24.0 Å². The number of para-hydroxylation sites is 1. The zero-order valence-electron chi connectivity index (χ0n) is 10.0. The van der Waals surface area contributed by atoms with Gasteiger partial charge in [0.25, 0.3) is 0 Å². The maximum absolute atomic E-state index is 5.97. The summed E-state index contributed by atoms with van der Waals surface area (Å²) in [5.41, 5.74) is 2.98. The lowest BCUT2D eigenvalue weighted by Crippen LogP contribution is -1.92. The highest BCUT2D eigenvalue weighted by Gasteiger charge is 2.02. The normalized spacial score (nSPS) is 9.95. The number of halogens is 2. The molecule has 1 N–H and O–H groups in total. The highest BCUT2D eigenvalue weighted by molar-refractivity contribution is 6.31. The van der Waals surface area contributed by atoms with Gasteiger partial charge in [-0.25, -0.2) is 0 Å². The lowest BCUT2D eigenvalue weighted by molar-refractivity contribution is 1.40. The van der Waals surface area contributed by atoms with Gasteiger partial charge in [-0.3, -0.25) is 4.98 Å². The molecule has 4 heteroatoms. The van der Waals surface area contributed by atoms with E-state index in [0.29, 0.717) is 5.02 Å². The van der Waals surface area contributed by atoms with Gasteiger partial charge in [0.15, 0.2) is 0 Å². The minimum atomic E-state index is 0. The molecule has 3 rings (SSSR count). The summed E-state index contributed by atoms with van der Waals surface area (Å²) >= 11 is 5.97. The Labute approximate surface area is 122 Å². The van der Waals surface area contributed by atoms with E-state index in [1.54, 1.807) is 6.20 Å². The van der Waals surface area contributed by atoms with Gasteiger partial charge in [0.05, 0.1) is 5.52 Å². The molecule has 0 spiro atoms. The molecule has 2 nitrogen and oxygen atoms in total. The summed E-state index contributed by atoms with van der Waals surface area (Å²) < 4.78 is 0. The first kappa shape index (κ1) is 13.7. The highest BCUT2D eigenvalue weighted by atomic mass is 35.5. The van der Waals surface area contributed by atoms with E-state index >= 15 is 0 Å². The van der Waals surface area contributed by atoms with Crippen molar-refractivity contribution in [1.82, 2.24) is 4.98 Å². The Morgan fingerprint density at radius 1 is 0.947 bits per heavy atom. The quantitative estimate of drug-likeness (QED) is 0.714. The maximum Gasteiger partial charge on any atom is 0.0737 e. The highest BCUT2D eigenvalue weighted by Crippen LogP contribution is 2.26. The van der Waals surface area contributed by atoms with Crippen molar-refractivity contribution in [3.63, 3.8) is 0 Å². The second-order valence-electron chi connectivity index (χ2n) is 4.01. The molecular weight excluding hydrogens is 279 g/mol. The monoisotopic (exact) mass is 290 g/mol. The number of aromatic nitrogens is 1. The molecule has 2 aromatic carbocycles. The fourth-order valence-corrected chi connectivity index (χ4v) is 2.07. The molecule has 0 saturated carbocycles. The van der Waals surface area contributed by atoms with Crippen molar-refractivity contribution in [1.29, 1.82) is 0 Å². The van der Waals surface area contributed by atoms with Crippen molar-refractivity contribution in [3.8, 4) is 0 Å². The van der Waals surface area contributed by atoms with Crippen LogP contribution in [0, 0.1) is 0 Å². The minimum absolute atomic E-state index is 0. The summed E-state index contributed by atoms with van der Waals surface area (Å²) in [4.78, 5) is 4.32. The molecular formula is C15H12Cl2N2. The fourth-order valence-electron chi connectivity index (χ4n) is 1.91. The molecule has 0 amide bonds. The first-order valence-corrected chi connectivity index (χ1v) is 6.07. The third-order valence-corrected chi connectivity index (χ3v) is 2.99. The van der Waals surface area contributed by atoms with Crippen molar-refractivity contribution in [2.45, 2.75) is 0 Å². The van der Waals surface area contributed by atoms with Crippen LogP contribution in [0.3, 0.4) is 0 Å². The first-order chi connectivity index (χ1) is 8.83. The summed E-state index contributed by atoms with van der Waals surface area (Å²) in [7, 11) is 0. The number of nitrogens with zero attached hydrogens (tertiary/aromatic N) is 1. The summed E-state index contributed by atoms with van der Waals surface area (Å²) in [6.07, 6.45) is 1.78. The van der Waals surface area contributed by atoms with Crippen molar-refractivity contribution in [2.24, 2.45) is 0 Å². The number of rotatable bonds is 2. The average Bonchev–Trinajstić information content (AvgIpc) is 2.40. The van der Waals surface area contributed by atoms with Crippen LogP contribution in [0.5, 0.6) is 0 Å². The van der Waals surface area contributed by atoms with E-state index in [1.807, 2.05) is 54.6 Å². The molecule has 3 aromatic rings. The predicted octanol–water partition coefficient (Wildman–Crippen LogP) is 5.05. The van der Waals surface area contributed by atoms with Gasteiger partial charge in [0, 0.05) is 28.0 Å². The van der Waals surface area contributed by atoms with E-state index in [1.165, 1.54) is 0 Å². The summed E-state index contributed by atoms with van der Waals surface area (Å²) in [6, 6.07) is 17.7. The molecule has 19 heavy (non-hydrogen) atoms. The van der Waals surface area contributed by atoms with E-state index in [-0.39, 0.29) is 12.4 Å². The van der Waals surface area contributed by atoms with Crippen LogP contribution < -0.4 is 5.32 Å². The second kappa shape index (κ2) is 5.91. The Kier molecular flexibility index (Phi) is 4.25. The molecule has 0 aliphatic carbocycles. The molecule has 0 atom stereocenters. The van der Waals surface area contributed by atoms with Crippen molar-refractivity contribution in [3.05, 3.63) is 65.8 Å². The smallest absolute Gasteiger partial charge is 0.0737 e. The average molecular weight is 291 g/mol. The van der Waals surface area contributed by atoms with Gasteiger partial charge in [-0.15, -0.1) is 12.4 Å². The lowest BCUT2D eigenvalue weighted by atomic mass is 10.2. The molecule has 0 radical (unpaired) electrons. The number of fused-ring (bicyclic) bond motifs is 1. The Morgan fingerprint density at radius 2 is 1.74 bits per heavy atom. The van der Waals surface area contributed by atoms with Crippen LogP contribution in [-0.4, -0.2) is 4.98 Å². The van der Waals surface area contributed by atoms with Crippen LogP contribution in [0.2, 0.25) is 5.02 Å². The van der Waals surface area contributed by atoms with E-state index in [9.17, 15) is 0 Å². The van der Waals surface area contributed by atoms with Crippen LogP contribution in [0.25, 0.3) is 10.9 Å². The van der Waals surface area contributed by atoms with Gasteiger partial charge in [0.2, 0.25) is 0 Å². The predicted molar refractivity (Wildman–Crippen MR) is 83.7 cm³/mol. The summed E-state index contributed by atoms with van der Waals surface area (Å²) in [5.74, 6) is 0. The zero-order chi connectivity index (χ0) is 12.4. The SMILES string of the molecule is Cl.Clc1ccc2c(Nc3ccccc3)ccnc2c1. The second-order valence-corrected chi connectivity index (χ2v) is 4.45. The van der Waals surface area contributed by atoms with E-state index in [4.69, 9.17) is 11.6 Å². The topological polar surface area (TPSA) is 24.9 Å². The standard InChI is InChI=1S/C15H11ClN2.ClH/c16-11-6-7-13-14(8-9-17-15(13)10-11)18-12-4-2-1-3-5-12;/h1-10H,(H,17,18);1H. The number of hydrogen-bond acceptors (Lipinski definition) is 2.